The maximum absolute atomic E-state index is 13.1. The molecule has 2 aromatic carbocycles. The molecule has 2 rings (SSSR count). The van der Waals surface area contributed by atoms with Gasteiger partial charge in [0.05, 0.1) is 5.75 Å². The number of hydrogen-bond acceptors (Lipinski definition) is 3. The maximum atomic E-state index is 13.1. The van der Waals surface area contributed by atoms with Gasteiger partial charge in [-0.25, -0.2) is 0 Å². The van der Waals surface area contributed by atoms with Crippen molar-refractivity contribution < 1.29 is 9.59 Å². The van der Waals surface area contributed by atoms with Gasteiger partial charge in [-0.1, -0.05) is 59.9 Å². The summed E-state index contributed by atoms with van der Waals surface area (Å²) in [5, 5.41) is 4.73. The number of amides is 2. The summed E-state index contributed by atoms with van der Waals surface area (Å²) in [5.74, 6) is 0.411. The van der Waals surface area contributed by atoms with Gasteiger partial charge in [-0.3, -0.25) is 9.59 Å². The van der Waals surface area contributed by atoms with Crippen molar-refractivity contribution in [3.8, 4) is 0 Å². The second kappa shape index (κ2) is 12.6. The quantitative estimate of drug-likeness (QED) is 0.421. The number of nitrogens with one attached hydrogen (secondary N) is 1. The van der Waals surface area contributed by atoms with E-state index in [1.807, 2.05) is 26.0 Å². The van der Waals surface area contributed by atoms with Crippen molar-refractivity contribution in [3.63, 3.8) is 0 Å². The number of nitrogens with zero attached hydrogens (tertiary/aromatic N) is 1. The Morgan fingerprint density at radius 3 is 2.23 bits per heavy atom. The smallest absolute Gasteiger partial charge is 0.242 e. The molecule has 0 bridgehead atoms. The summed E-state index contributed by atoms with van der Waals surface area (Å²) in [7, 11) is 0. The van der Waals surface area contributed by atoms with Crippen LogP contribution < -0.4 is 5.32 Å². The Hall–Kier alpha value is -1.40. The number of thioether (sulfide) groups is 1. The molecule has 0 heterocycles. The fourth-order valence-corrected chi connectivity index (χ4v) is 4.60. The highest BCUT2D eigenvalue weighted by atomic mass is 35.5. The Morgan fingerprint density at radius 2 is 1.65 bits per heavy atom. The number of rotatable bonds is 10. The van der Waals surface area contributed by atoms with Gasteiger partial charge in [0.25, 0.3) is 0 Å². The van der Waals surface area contributed by atoms with Crippen LogP contribution in [0.3, 0.4) is 0 Å². The second-order valence-corrected chi connectivity index (χ2v) is 9.57. The molecule has 31 heavy (non-hydrogen) atoms. The van der Waals surface area contributed by atoms with Gasteiger partial charge in [0.2, 0.25) is 11.8 Å². The average molecular weight is 502 g/mol. The summed E-state index contributed by atoms with van der Waals surface area (Å²) in [4.78, 5) is 27.4. The van der Waals surface area contributed by atoms with Crippen LogP contribution in [0, 0.1) is 0 Å². The molecule has 0 unspecified atom stereocenters. The van der Waals surface area contributed by atoms with Crippen LogP contribution in [-0.4, -0.2) is 34.6 Å². The SMILES string of the molecule is CC[C@H](C)NC(=O)[C@@H](C)N(Cc1ccc(Cl)cc1)C(=O)CSCc1c(Cl)cccc1Cl. The first kappa shape index (κ1) is 25.9. The number of halogens is 3. The zero-order chi connectivity index (χ0) is 23.0. The predicted octanol–water partition coefficient (Wildman–Crippen LogP) is 6.21. The summed E-state index contributed by atoms with van der Waals surface area (Å²) in [6, 6.07) is 12.0. The van der Waals surface area contributed by atoms with Crippen LogP contribution in [-0.2, 0) is 21.9 Å². The number of carbonyl (C=O) groups excluding carboxylic acids is 2. The molecule has 1 N–H and O–H groups in total. The Balaban J connectivity index is 2.11. The summed E-state index contributed by atoms with van der Waals surface area (Å²) in [5.41, 5.74) is 1.70. The first-order valence-corrected chi connectivity index (χ1v) is 12.4. The third-order valence-electron chi connectivity index (χ3n) is 4.97. The highest BCUT2D eigenvalue weighted by Gasteiger charge is 2.26. The van der Waals surface area contributed by atoms with E-state index in [0.29, 0.717) is 27.4 Å². The molecule has 0 aliphatic heterocycles. The van der Waals surface area contributed by atoms with E-state index < -0.39 is 6.04 Å². The molecular weight excluding hydrogens is 475 g/mol. The van der Waals surface area contributed by atoms with E-state index in [-0.39, 0.29) is 23.6 Å². The van der Waals surface area contributed by atoms with Crippen molar-refractivity contribution in [1.29, 1.82) is 0 Å². The van der Waals surface area contributed by atoms with Crippen molar-refractivity contribution in [2.24, 2.45) is 0 Å². The van der Waals surface area contributed by atoms with Crippen molar-refractivity contribution in [1.82, 2.24) is 10.2 Å². The number of carbonyl (C=O) groups is 2. The van der Waals surface area contributed by atoms with Crippen molar-refractivity contribution in [2.75, 3.05) is 5.75 Å². The molecule has 8 heteroatoms. The van der Waals surface area contributed by atoms with E-state index in [1.54, 1.807) is 42.2 Å². The number of hydrogen-bond donors (Lipinski definition) is 1. The Morgan fingerprint density at radius 1 is 1.03 bits per heavy atom. The molecule has 0 saturated heterocycles. The van der Waals surface area contributed by atoms with Crippen LogP contribution in [0.15, 0.2) is 42.5 Å². The van der Waals surface area contributed by atoms with E-state index in [0.717, 1.165) is 17.5 Å². The Bertz CT molecular complexity index is 873. The number of benzene rings is 2. The fourth-order valence-electron chi connectivity index (χ4n) is 2.83. The molecule has 0 fully saturated rings. The summed E-state index contributed by atoms with van der Waals surface area (Å²) < 4.78 is 0. The standard InChI is InChI=1S/C23H27Cl3N2O2S/c1-4-15(2)27-23(30)16(3)28(12-17-8-10-18(24)11-9-17)22(29)14-31-13-19-20(25)6-5-7-21(19)26/h5-11,15-16H,4,12-14H2,1-3H3,(H,27,30)/t15-,16+/m0/s1. The van der Waals surface area contributed by atoms with Crippen LogP contribution in [0.2, 0.25) is 15.1 Å². The Labute approximate surface area is 203 Å². The van der Waals surface area contributed by atoms with Crippen LogP contribution >= 0.6 is 46.6 Å². The topological polar surface area (TPSA) is 49.4 Å². The molecule has 2 amide bonds. The summed E-state index contributed by atoms with van der Waals surface area (Å²) in [6.07, 6.45) is 0.817. The zero-order valence-corrected chi connectivity index (χ0v) is 20.9. The lowest BCUT2D eigenvalue weighted by atomic mass is 10.1. The normalized spacial score (nSPS) is 12.8. The maximum Gasteiger partial charge on any atom is 0.242 e. The lowest BCUT2D eigenvalue weighted by Gasteiger charge is -2.29. The minimum atomic E-state index is -0.610. The minimum absolute atomic E-state index is 0.0409. The average Bonchev–Trinajstić information content (AvgIpc) is 2.74. The molecule has 2 aromatic rings. The van der Waals surface area contributed by atoms with Gasteiger partial charge < -0.3 is 10.2 Å². The minimum Gasteiger partial charge on any atom is -0.352 e. The summed E-state index contributed by atoms with van der Waals surface area (Å²) in [6.45, 7) is 6.02. The lowest BCUT2D eigenvalue weighted by molar-refractivity contribution is -0.138. The van der Waals surface area contributed by atoms with Crippen LogP contribution in [0.1, 0.15) is 38.3 Å². The molecule has 2 atom stereocenters. The molecular formula is C23H27Cl3N2O2S. The largest absolute Gasteiger partial charge is 0.352 e. The molecule has 0 spiro atoms. The molecule has 4 nitrogen and oxygen atoms in total. The molecule has 0 aliphatic rings. The van der Waals surface area contributed by atoms with Gasteiger partial charge in [0.15, 0.2) is 0 Å². The van der Waals surface area contributed by atoms with Crippen molar-refractivity contribution in [3.05, 3.63) is 68.7 Å². The van der Waals surface area contributed by atoms with Gasteiger partial charge in [0, 0.05) is 33.4 Å². The highest BCUT2D eigenvalue weighted by Crippen LogP contribution is 2.28. The molecule has 168 valence electrons. The molecule has 0 aromatic heterocycles. The summed E-state index contributed by atoms with van der Waals surface area (Å²) >= 11 is 19.8. The zero-order valence-electron chi connectivity index (χ0n) is 17.8. The van der Waals surface area contributed by atoms with E-state index in [2.05, 4.69) is 5.32 Å². The van der Waals surface area contributed by atoms with Crippen LogP contribution in [0.4, 0.5) is 0 Å². The first-order valence-electron chi connectivity index (χ1n) is 10.1. The second-order valence-electron chi connectivity index (χ2n) is 7.33. The van der Waals surface area contributed by atoms with E-state index in [1.165, 1.54) is 11.8 Å². The molecule has 0 aliphatic carbocycles. The van der Waals surface area contributed by atoms with Gasteiger partial charge >= 0.3 is 0 Å². The molecule has 0 saturated carbocycles. The van der Waals surface area contributed by atoms with Crippen LogP contribution in [0.5, 0.6) is 0 Å². The van der Waals surface area contributed by atoms with Crippen molar-refractivity contribution in [2.45, 2.75) is 51.6 Å². The van der Waals surface area contributed by atoms with Gasteiger partial charge in [0.1, 0.15) is 6.04 Å². The van der Waals surface area contributed by atoms with Gasteiger partial charge in [-0.05, 0) is 55.7 Å². The lowest BCUT2D eigenvalue weighted by Crippen LogP contribution is -2.50. The predicted molar refractivity (Wildman–Crippen MR) is 132 cm³/mol. The van der Waals surface area contributed by atoms with E-state index >= 15 is 0 Å². The first-order chi connectivity index (χ1) is 14.7. The fraction of sp³-hybridized carbons (Fsp3) is 0.391. The highest BCUT2D eigenvalue weighted by molar-refractivity contribution is 7.99. The monoisotopic (exact) mass is 500 g/mol. The van der Waals surface area contributed by atoms with Crippen LogP contribution in [0.25, 0.3) is 0 Å². The van der Waals surface area contributed by atoms with E-state index in [4.69, 9.17) is 34.8 Å². The Kier molecular flexibility index (Phi) is 10.5. The van der Waals surface area contributed by atoms with E-state index in [9.17, 15) is 9.59 Å². The van der Waals surface area contributed by atoms with Gasteiger partial charge in [-0.15, -0.1) is 11.8 Å². The van der Waals surface area contributed by atoms with Gasteiger partial charge in [-0.2, -0.15) is 0 Å². The third kappa shape index (κ3) is 7.90. The van der Waals surface area contributed by atoms with Crippen molar-refractivity contribution >= 4 is 58.4 Å². The third-order valence-corrected chi connectivity index (χ3v) is 6.87. The molecule has 0 radical (unpaired) electrons.